The highest BCUT2D eigenvalue weighted by molar-refractivity contribution is 7.17. The number of nitrogens with zero attached hydrogens (tertiary/aromatic N) is 2. The van der Waals surface area contributed by atoms with Crippen molar-refractivity contribution >= 4 is 28.3 Å². The Kier molecular flexibility index (Phi) is 7.56. The van der Waals surface area contributed by atoms with Crippen molar-refractivity contribution in [3.05, 3.63) is 5.01 Å². The van der Waals surface area contributed by atoms with Crippen LogP contribution in [0.2, 0.25) is 0 Å². The minimum atomic E-state index is -0.296. The summed E-state index contributed by atoms with van der Waals surface area (Å²) in [5.41, 5.74) is 0. The Morgan fingerprint density at radius 3 is 2.50 bits per heavy atom. The van der Waals surface area contributed by atoms with Crippen molar-refractivity contribution in [1.29, 1.82) is 0 Å². The van der Waals surface area contributed by atoms with Crippen LogP contribution in [0, 0.1) is 0 Å². The lowest BCUT2D eigenvalue weighted by Gasteiger charge is -2.04. The highest BCUT2D eigenvalue weighted by atomic mass is 32.1. The third-order valence-electron chi connectivity index (χ3n) is 2.36. The summed E-state index contributed by atoms with van der Waals surface area (Å²) in [6.07, 6.45) is 2.15. The molecular weight excluding hydrogens is 278 g/mol. The SMILES string of the molecule is CCCNC(=O)CCNC(=O)c1nnc(NCCC)s1. The first kappa shape index (κ1) is 16.4. The number of aromatic nitrogens is 2. The molecule has 1 aromatic rings. The second-order valence-corrected chi connectivity index (χ2v) is 5.17. The summed E-state index contributed by atoms with van der Waals surface area (Å²) in [7, 11) is 0. The van der Waals surface area contributed by atoms with E-state index in [2.05, 4.69) is 26.1 Å². The van der Waals surface area contributed by atoms with Crippen molar-refractivity contribution in [2.45, 2.75) is 33.1 Å². The van der Waals surface area contributed by atoms with Crippen molar-refractivity contribution in [2.75, 3.05) is 25.0 Å². The van der Waals surface area contributed by atoms with Gasteiger partial charge >= 0.3 is 0 Å². The van der Waals surface area contributed by atoms with Crippen LogP contribution in [0.1, 0.15) is 42.9 Å². The van der Waals surface area contributed by atoms with Crippen LogP contribution in [0.15, 0.2) is 0 Å². The Bertz CT molecular complexity index is 435. The molecule has 0 fully saturated rings. The second kappa shape index (κ2) is 9.24. The summed E-state index contributed by atoms with van der Waals surface area (Å²) in [6, 6.07) is 0. The summed E-state index contributed by atoms with van der Waals surface area (Å²) < 4.78 is 0. The van der Waals surface area contributed by atoms with E-state index in [1.54, 1.807) is 0 Å². The first-order valence-electron chi connectivity index (χ1n) is 6.79. The first-order chi connectivity index (χ1) is 9.67. The third kappa shape index (κ3) is 5.96. The monoisotopic (exact) mass is 299 g/mol. The van der Waals surface area contributed by atoms with Crippen LogP contribution in [0.5, 0.6) is 0 Å². The van der Waals surface area contributed by atoms with Gasteiger partial charge in [-0.15, -0.1) is 10.2 Å². The third-order valence-corrected chi connectivity index (χ3v) is 3.23. The molecule has 0 radical (unpaired) electrons. The van der Waals surface area contributed by atoms with Crippen LogP contribution < -0.4 is 16.0 Å². The fourth-order valence-electron chi connectivity index (χ4n) is 1.34. The van der Waals surface area contributed by atoms with Gasteiger partial charge in [0.25, 0.3) is 5.91 Å². The van der Waals surface area contributed by atoms with Gasteiger partial charge in [-0.05, 0) is 12.8 Å². The van der Waals surface area contributed by atoms with Crippen LogP contribution in [-0.2, 0) is 4.79 Å². The van der Waals surface area contributed by atoms with Gasteiger partial charge in [0, 0.05) is 26.1 Å². The predicted molar refractivity (Wildman–Crippen MR) is 78.9 cm³/mol. The van der Waals surface area contributed by atoms with Gasteiger partial charge in [0.2, 0.25) is 16.0 Å². The maximum Gasteiger partial charge on any atom is 0.282 e. The summed E-state index contributed by atoms with van der Waals surface area (Å²) in [6.45, 7) is 5.79. The zero-order valence-electron chi connectivity index (χ0n) is 11.9. The molecule has 0 aliphatic carbocycles. The van der Waals surface area contributed by atoms with Crippen molar-refractivity contribution < 1.29 is 9.59 Å². The maximum absolute atomic E-state index is 11.8. The van der Waals surface area contributed by atoms with Crippen LogP contribution in [0.4, 0.5) is 5.13 Å². The smallest absolute Gasteiger partial charge is 0.282 e. The van der Waals surface area contributed by atoms with Gasteiger partial charge in [-0.3, -0.25) is 9.59 Å². The van der Waals surface area contributed by atoms with E-state index < -0.39 is 0 Å². The zero-order valence-corrected chi connectivity index (χ0v) is 12.7. The van der Waals surface area contributed by atoms with Gasteiger partial charge in [0.15, 0.2) is 0 Å². The number of carbonyl (C=O) groups excluding carboxylic acids is 2. The minimum Gasteiger partial charge on any atom is -0.360 e. The summed E-state index contributed by atoms with van der Waals surface area (Å²) in [5, 5.41) is 17.1. The molecule has 7 nitrogen and oxygen atoms in total. The molecule has 0 bridgehead atoms. The number of anilines is 1. The Hall–Kier alpha value is -1.70. The number of rotatable bonds is 9. The molecule has 0 aliphatic rings. The second-order valence-electron chi connectivity index (χ2n) is 4.19. The van der Waals surface area contributed by atoms with E-state index in [1.807, 2.05) is 13.8 Å². The predicted octanol–water partition coefficient (Wildman–Crippen LogP) is 1.01. The van der Waals surface area contributed by atoms with Gasteiger partial charge in [-0.25, -0.2) is 0 Å². The molecule has 3 N–H and O–H groups in total. The van der Waals surface area contributed by atoms with E-state index in [0.717, 1.165) is 19.4 Å². The number of amides is 2. The summed E-state index contributed by atoms with van der Waals surface area (Å²) in [4.78, 5) is 23.1. The molecule has 0 saturated carbocycles. The number of hydrogen-bond acceptors (Lipinski definition) is 6. The van der Waals surface area contributed by atoms with E-state index in [-0.39, 0.29) is 18.2 Å². The molecule has 0 aromatic carbocycles. The molecule has 0 spiro atoms. The Balaban J connectivity index is 2.28. The lowest BCUT2D eigenvalue weighted by atomic mass is 10.3. The molecule has 0 unspecified atom stereocenters. The van der Waals surface area contributed by atoms with Gasteiger partial charge in [-0.1, -0.05) is 25.2 Å². The average molecular weight is 299 g/mol. The molecule has 1 rings (SSSR count). The minimum absolute atomic E-state index is 0.0604. The molecule has 1 aromatic heterocycles. The molecule has 0 atom stereocenters. The van der Waals surface area contributed by atoms with Crippen molar-refractivity contribution in [3.8, 4) is 0 Å². The highest BCUT2D eigenvalue weighted by Crippen LogP contribution is 2.14. The van der Waals surface area contributed by atoms with Crippen molar-refractivity contribution in [2.24, 2.45) is 0 Å². The maximum atomic E-state index is 11.8. The van der Waals surface area contributed by atoms with Crippen LogP contribution in [-0.4, -0.2) is 41.6 Å². The fourth-order valence-corrected chi connectivity index (χ4v) is 2.02. The van der Waals surface area contributed by atoms with Crippen LogP contribution in [0.3, 0.4) is 0 Å². The standard InChI is InChI=1S/C12H21N5O2S/c1-3-6-13-9(18)5-8-14-10(19)11-16-17-12(20-11)15-7-4-2/h3-8H2,1-2H3,(H,13,18)(H,14,19)(H,15,17). The lowest BCUT2D eigenvalue weighted by Crippen LogP contribution is -2.31. The molecule has 8 heteroatoms. The fraction of sp³-hybridized carbons (Fsp3) is 0.667. The van der Waals surface area contributed by atoms with E-state index in [1.165, 1.54) is 11.3 Å². The van der Waals surface area contributed by atoms with E-state index in [4.69, 9.17) is 0 Å². The number of nitrogens with one attached hydrogen (secondary N) is 3. The Morgan fingerprint density at radius 2 is 1.80 bits per heavy atom. The van der Waals surface area contributed by atoms with E-state index in [0.29, 0.717) is 23.2 Å². The molecule has 0 saturated heterocycles. The number of carbonyl (C=O) groups is 2. The molecule has 2 amide bonds. The van der Waals surface area contributed by atoms with E-state index in [9.17, 15) is 9.59 Å². The van der Waals surface area contributed by atoms with Crippen LogP contribution in [0.25, 0.3) is 0 Å². The highest BCUT2D eigenvalue weighted by Gasteiger charge is 2.12. The quantitative estimate of drug-likeness (QED) is 0.632. The average Bonchev–Trinajstić information content (AvgIpc) is 2.91. The van der Waals surface area contributed by atoms with Gasteiger partial charge in [0.05, 0.1) is 0 Å². The molecule has 112 valence electrons. The van der Waals surface area contributed by atoms with Gasteiger partial charge in [-0.2, -0.15) is 0 Å². The van der Waals surface area contributed by atoms with Gasteiger partial charge in [0.1, 0.15) is 0 Å². The van der Waals surface area contributed by atoms with Crippen molar-refractivity contribution in [3.63, 3.8) is 0 Å². The lowest BCUT2D eigenvalue weighted by molar-refractivity contribution is -0.120. The summed E-state index contributed by atoms with van der Waals surface area (Å²) >= 11 is 1.21. The Morgan fingerprint density at radius 1 is 1.05 bits per heavy atom. The molecule has 0 aliphatic heterocycles. The first-order valence-corrected chi connectivity index (χ1v) is 7.61. The summed E-state index contributed by atoms with van der Waals surface area (Å²) in [5.74, 6) is -0.356. The van der Waals surface area contributed by atoms with E-state index >= 15 is 0 Å². The van der Waals surface area contributed by atoms with Crippen LogP contribution >= 0.6 is 11.3 Å². The Labute approximate surface area is 122 Å². The zero-order chi connectivity index (χ0) is 14.8. The number of hydrogen-bond donors (Lipinski definition) is 3. The van der Waals surface area contributed by atoms with Crippen molar-refractivity contribution in [1.82, 2.24) is 20.8 Å². The largest absolute Gasteiger partial charge is 0.360 e. The normalized spacial score (nSPS) is 10.1. The van der Waals surface area contributed by atoms with Gasteiger partial charge < -0.3 is 16.0 Å². The molecule has 1 heterocycles. The molecule has 20 heavy (non-hydrogen) atoms. The topological polar surface area (TPSA) is 96.0 Å². The molecular formula is C12H21N5O2S.